The van der Waals surface area contributed by atoms with Crippen molar-refractivity contribution in [2.75, 3.05) is 0 Å². The Kier molecular flexibility index (Phi) is 2.15. The van der Waals surface area contributed by atoms with Crippen LogP contribution >= 0.6 is 15.9 Å². The van der Waals surface area contributed by atoms with Crippen molar-refractivity contribution in [2.45, 2.75) is 25.7 Å². The summed E-state index contributed by atoms with van der Waals surface area (Å²) < 4.78 is 0.847. The van der Waals surface area contributed by atoms with E-state index < -0.39 is 5.97 Å². The molecule has 1 aliphatic rings. The molecule has 70 valence electrons. The van der Waals surface area contributed by atoms with E-state index in [4.69, 9.17) is 5.11 Å². The smallest absolute Gasteiger partial charge is 0.352 e. The highest BCUT2D eigenvalue weighted by atomic mass is 79.9. The second kappa shape index (κ2) is 3.18. The van der Waals surface area contributed by atoms with Gasteiger partial charge in [0.25, 0.3) is 0 Å². The minimum absolute atomic E-state index is 0.363. The fourth-order valence-corrected chi connectivity index (χ4v) is 2.50. The number of aromatic carboxylic acids is 1. The minimum atomic E-state index is -0.858. The average Bonchev–Trinajstić information content (AvgIpc) is 2.45. The lowest BCUT2D eigenvalue weighted by atomic mass is 9.94. The van der Waals surface area contributed by atoms with E-state index in [9.17, 15) is 4.79 Å². The fourth-order valence-electron chi connectivity index (χ4n) is 1.87. The molecule has 0 bridgehead atoms. The summed E-state index contributed by atoms with van der Waals surface area (Å²) in [5.41, 5.74) is 2.51. The van der Waals surface area contributed by atoms with Crippen LogP contribution in [0, 0.1) is 0 Å². The summed E-state index contributed by atoms with van der Waals surface area (Å²) >= 11 is 3.35. The molecule has 2 N–H and O–H groups in total. The molecule has 2 rings (SSSR count). The lowest BCUT2D eigenvalue weighted by Gasteiger charge is -2.11. The summed E-state index contributed by atoms with van der Waals surface area (Å²) in [5.74, 6) is -0.858. The van der Waals surface area contributed by atoms with E-state index >= 15 is 0 Å². The van der Waals surface area contributed by atoms with Crippen molar-refractivity contribution in [3.05, 3.63) is 21.4 Å². The van der Waals surface area contributed by atoms with Crippen LogP contribution in [0.4, 0.5) is 0 Å². The summed E-state index contributed by atoms with van der Waals surface area (Å²) in [4.78, 5) is 13.7. The molecule has 13 heavy (non-hydrogen) atoms. The minimum Gasteiger partial charge on any atom is -0.477 e. The molecule has 0 atom stereocenters. The normalized spacial score (nSPS) is 15.5. The predicted molar refractivity (Wildman–Crippen MR) is 52.1 cm³/mol. The topological polar surface area (TPSA) is 53.1 Å². The van der Waals surface area contributed by atoms with Gasteiger partial charge >= 0.3 is 5.97 Å². The van der Waals surface area contributed by atoms with Gasteiger partial charge in [-0.2, -0.15) is 0 Å². The SMILES string of the molecule is O=C(O)c1[nH]c(Br)c2c1CCCC2. The van der Waals surface area contributed by atoms with Crippen molar-refractivity contribution in [1.82, 2.24) is 4.98 Å². The Morgan fingerprint density at radius 2 is 1.92 bits per heavy atom. The van der Waals surface area contributed by atoms with Crippen molar-refractivity contribution >= 4 is 21.9 Å². The third-order valence-corrected chi connectivity index (χ3v) is 3.16. The van der Waals surface area contributed by atoms with Gasteiger partial charge in [-0.25, -0.2) is 4.79 Å². The Morgan fingerprint density at radius 1 is 1.31 bits per heavy atom. The van der Waals surface area contributed by atoms with Gasteiger partial charge in [0.2, 0.25) is 0 Å². The number of fused-ring (bicyclic) bond motifs is 1. The molecular formula is C9H10BrNO2. The Labute approximate surface area is 84.3 Å². The third kappa shape index (κ3) is 1.39. The van der Waals surface area contributed by atoms with Crippen LogP contribution in [0.25, 0.3) is 0 Å². The van der Waals surface area contributed by atoms with Crippen molar-refractivity contribution in [1.29, 1.82) is 0 Å². The predicted octanol–water partition coefficient (Wildman–Crippen LogP) is 2.35. The van der Waals surface area contributed by atoms with Crippen LogP contribution in [0.5, 0.6) is 0 Å². The monoisotopic (exact) mass is 243 g/mol. The van der Waals surface area contributed by atoms with E-state index in [1.165, 1.54) is 0 Å². The first-order valence-corrected chi connectivity index (χ1v) is 5.12. The molecule has 0 aromatic carbocycles. The number of nitrogens with one attached hydrogen (secondary N) is 1. The quantitative estimate of drug-likeness (QED) is 0.796. The van der Waals surface area contributed by atoms with Crippen molar-refractivity contribution in [3.63, 3.8) is 0 Å². The van der Waals surface area contributed by atoms with Gasteiger partial charge in [-0.15, -0.1) is 0 Å². The number of aromatic amines is 1. The van der Waals surface area contributed by atoms with Crippen molar-refractivity contribution in [2.24, 2.45) is 0 Å². The highest BCUT2D eigenvalue weighted by Gasteiger charge is 2.22. The molecule has 0 saturated carbocycles. The number of aromatic nitrogens is 1. The second-order valence-electron chi connectivity index (χ2n) is 3.28. The highest BCUT2D eigenvalue weighted by Crippen LogP contribution is 2.30. The maximum Gasteiger partial charge on any atom is 0.352 e. The molecule has 0 radical (unpaired) electrons. The molecule has 0 unspecified atom stereocenters. The van der Waals surface area contributed by atoms with E-state index in [-0.39, 0.29) is 0 Å². The second-order valence-corrected chi connectivity index (χ2v) is 4.08. The molecule has 0 fully saturated rings. The zero-order chi connectivity index (χ0) is 9.42. The first-order valence-electron chi connectivity index (χ1n) is 4.32. The Bertz CT molecular complexity index is 357. The molecule has 0 amide bonds. The molecule has 1 heterocycles. The van der Waals surface area contributed by atoms with Crippen molar-refractivity contribution < 1.29 is 9.90 Å². The zero-order valence-corrected chi connectivity index (χ0v) is 8.65. The number of carbonyl (C=O) groups is 1. The maximum absolute atomic E-state index is 10.8. The molecule has 0 saturated heterocycles. The van der Waals surface area contributed by atoms with Crippen LogP contribution in [-0.2, 0) is 12.8 Å². The Hall–Kier alpha value is -0.770. The summed E-state index contributed by atoms with van der Waals surface area (Å²) in [6.45, 7) is 0. The molecule has 0 spiro atoms. The highest BCUT2D eigenvalue weighted by molar-refractivity contribution is 9.10. The summed E-state index contributed by atoms with van der Waals surface area (Å²) in [5, 5.41) is 8.90. The summed E-state index contributed by atoms with van der Waals surface area (Å²) in [6.07, 6.45) is 4.12. The number of H-pyrrole nitrogens is 1. The van der Waals surface area contributed by atoms with Gasteiger partial charge in [-0.1, -0.05) is 0 Å². The molecule has 1 aromatic rings. The van der Waals surface area contributed by atoms with Gasteiger partial charge in [-0.3, -0.25) is 0 Å². The van der Waals surface area contributed by atoms with Gasteiger partial charge in [-0.05, 0) is 52.7 Å². The molecular weight excluding hydrogens is 234 g/mol. The Morgan fingerprint density at radius 3 is 2.54 bits per heavy atom. The Balaban J connectivity index is 2.53. The summed E-state index contributed by atoms with van der Waals surface area (Å²) in [7, 11) is 0. The number of halogens is 1. The largest absolute Gasteiger partial charge is 0.477 e. The van der Waals surface area contributed by atoms with E-state index in [0.717, 1.165) is 41.4 Å². The zero-order valence-electron chi connectivity index (χ0n) is 7.06. The number of hydrogen-bond acceptors (Lipinski definition) is 1. The van der Waals surface area contributed by atoms with Crippen LogP contribution in [0.15, 0.2) is 4.60 Å². The van der Waals surface area contributed by atoms with Gasteiger partial charge in [0.1, 0.15) is 5.69 Å². The van der Waals surface area contributed by atoms with E-state index in [0.29, 0.717) is 5.69 Å². The van der Waals surface area contributed by atoms with Gasteiger partial charge < -0.3 is 10.1 Å². The lowest BCUT2D eigenvalue weighted by Crippen LogP contribution is -2.06. The fraction of sp³-hybridized carbons (Fsp3) is 0.444. The number of carboxylic acids is 1. The lowest BCUT2D eigenvalue weighted by molar-refractivity contribution is 0.0689. The van der Waals surface area contributed by atoms with E-state index in [1.807, 2.05) is 0 Å². The molecule has 1 aromatic heterocycles. The maximum atomic E-state index is 10.8. The van der Waals surface area contributed by atoms with E-state index in [1.54, 1.807) is 0 Å². The summed E-state index contributed by atoms with van der Waals surface area (Å²) in [6, 6.07) is 0. The van der Waals surface area contributed by atoms with Gasteiger partial charge in [0.15, 0.2) is 0 Å². The van der Waals surface area contributed by atoms with Crippen LogP contribution in [0.2, 0.25) is 0 Å². The van der Waals surface area contributed by atoms with Crippen LogP contribution < -0.4 is 0 Å². The molecule has 4 heteroatoms. The van der Waals surface area contributed by atoms with Crippen LogP contribution in [0.3, 0.4) is 0 Å². The molecule has 1 aliphatic carbocycles. The molecule has 3 nitrogen and oxygen atoms in total. The number of rotatable bonds is 1. The van der Waals surface area contributed by atoms with Crippen molar-refractivity contribution in [3.8, 4) is 0 Å². The average molecular weight is 244 g/mol. The van der Waals surface area contributed by atoms with E-state index in [2.05, 4.69) is 20.9 Å². The standard InChI is InChI=1S/C9H10BrNO2/c10-8-6-4-2-1-3-5(6)7(11-8)9(12)13/h11H,1-4H2,(H,12,13). The number of hydrogen-bond donors (Lipinski definition) is 2. The third-order valence-electron chi connectivity index (χ3n) is 2.48. The van der Waals surface area contributed by atoms with Crippen LogP contribution in [0.1, 0.15) is 34.5 Å². The first-order chi connectivity index (χ1) is 6.20. The van der Waals surface area contributed by atoms with Gasteiger partial charge in [0, 0.05) is 0 Å². The van der Waals surface area contributed by atoms with Gasteiger partial charge in [0.05, 0.1) is 4.60 Å². The number of carboxylic acid groups (broad SMARTS) is 1. The van der Waals surface area contributed by atoms with Crippen LogP contribution in [-0.4, -0.2) is 16.1 Å². The molecule has 0 aliphatic heterocycles. The first kappa shape index (κ1) is 8.81.